The molecule has 1 aliphatic rings. The molecule has 2 atom stereocenters. The van der Waals surface area contributed by atoms with Crippen molar-refractivity contribution in [2.24, 2.45) is 0 Å². The molecule has 1 aromatic carbocycles. The van der Waals surface area contributed by atoms with E-state index < -0.39 is 12.0 Å². The second-order valence-corrected chi connectivity index (χ2v) is 5.91. The lowest BCUT2D eigenvalue weighted by Gasteiger charge is -2.24. The van der Waals surface area contributed by atoms with E-state index in [1.807, 2.05) is 13.0 Å². The van der Waals surface area contributed by atoms with Gasteiger partial charge in [0, 0.05) is 5.75 Å². The van der Waals surface area contributed by atoms with Gasteiger partial charge in [0.25, 0.3) is 0 Å². The maximum absolute atomic E-state index is 13.0. The molecular weight excluding hydrogens is 241 g/mol. The zero-order chi connectivity index (χ0) is 12.5. The third-order valence-corrected chi connectivity index (χ3v) is 4.18. The molecule has 1 heterocycles. The number of rotatable bonds is 3. The fraction of sp³-hybridized carbons (Fsp3) is 0.417. The number of thioether (sulfide) groups is 1. The van der Waals surface area contributed by atoms with Crippen molar-refractivity contribution in [2.45, 2.75) is 24.3 Å². The Morgan fingerprint density at radius 3 is 3.06 bits per heavy atom. The predicted octanol–water partition coefficient (Wildman–Crippen LogP) is 1.87. The highest BCUT2D eigenvalue weighted by molar-refractivity contribution is 8.00. The summed E-state index contributed by atoms with van der Waals surface area (Å²) in [6, 6.07) is 5.90. The summed E-state index contributed by atoms with van der Waals surface area (Å²) in [6.45, 7) is 1.95. The first-order valence-corrected chi connectivity index (χ1v) is 6.36. The van der Waals surface area contributed by atoms with E-state index in [4.69, 9.17) is 5.11 Å². The molecule has 1 aliphatic heterocycles. The van der Waals surface area contributed by atoms with Crippen molar-refractivity contribution in [1.82, 2.24) is 5.32 Å². The Bertz CT molecular complexity index is 440. The number of carbonyl (C=O) groups is 1. The molecule has 17 heavy (non-hydrogen) atoms. The van der Waals surface area contributed by atoms with E-state index in [1.54, 1.807) is 17.8 Å². The molecule has 2 rings (SSSR count). The number of nitrogens with one attached hydrogen (secondary N) is 1. The number of hydrogen-bond donors (Lipinski definition) is 2. The lowest BCUT2D eigenvalue weighted by molar-refractivity contribution is -0.138. The van der Waals surface area contributed by atoms with Crippen LogP contribution in [0.15, 0.2) is 24.3 Å². The van der Waals surface area contributed by atoms with Crippen LogP contribution in [-0.4, -0.2) is 27.7 Å². The van der Waals surface area contributed by atoms with Crippen LogP contribution < -0.4 is 5.32 Å². The zero-order valence-corrected chi connectivity index (χ0v) is 10.3. The van der Waals surface area contributed by atoms with Gasteiger partial charge in [-0.15, -0.1) is 11.8 Å². The van der Waals surface area contributed by atoms with Gasteiger partial charge >= 0.3 is 5.97 Å². The van der Waals surface area contributed by atoms with Crippen molar-refractivity contribution < 1.29 is 14.3 Å². The SMILES string of the molecule is CC1(Cc2cccc(F)c2)NC(C(=O)O)CS1. The molecular formula is C12H14FNO2S. The van der Waals surface area contributed by atoms with Gasteiger partial charge in [0.05, 0.1) is 4.87 Å². The van der Waals surface area contributed by atoms with Crippen molar-refractivity contribution in [3.05, 3.63) is 35.6 Å². The number of hydrogen-bond acceptors (Lipinski definition) is 3. The van der Waals surface area contributed by atoms with E-state index in [2.05, 4.69) is 5.32 Å². The van der Waals surface area contributed by atoms with Gasteiger partial charge in [0.2, 0.25) is 0 Å². The van der Waals surface area contributed by atoms with Gasteiger partial charge < -0.3 is 5.11 Å². The van der Waals surface area contributed by atoms with Crippen LogP contribution in [-0.2, 0) is 11.2 Å². The maximum atomic E-state index is 13.0. The molecule has 1 fully saturated rings. The third-order valence-electron chi connectivity index (χ3n) is 2.78. The normalized spacial score (nSPS) is 28.2. The van der Waals surface area contributed by atoms with Crippen LogP contribution in [0.3, 0.4) is 0 Å². The number of benzene rings is 1. The molecule has 1 saturated heterocycles. The quantitative estimate of drug-likeness (QED) is 0.865. The Labute approximate surface area is 103 Å². The van der Waals surface area contributed by atoms with Crippen molar-refractivity contribution in [3.8, 4) is 0 Å². The first kappa shape index (κ1) is 12.4. The molecule has 0 saturated carbocycles. The molecule has 2 N–H and O–H groups in total. The summed E-state index contributed by atoms with van der Waals surface area (Å²) in [6.07, 6.45) is 0.610. The van der Waals surface area contributed by atoms with Gasteiger partial charge in [-0.1, -0.05) is 12.1 Å². The van der Waals surface area contributed by atoms with E-state index in [0.717, 1.165) is 5.56 Å². The van der Waals surface area contributed by atoms with Gasteiger partial charge in [0.15, 0.2) is 0 Å². The molecule has 3 nitrogen and oxygen atoms in total. The summed E-state index contributed by atoms with van der Waals surface area (Å²) in [4.78, 5) is 10.5. The summed E-state index contributed by atoms with van der Waals surface area (Å²) in [7, 11) is 0. The van der Waals surface area contributed by atoms with Gasteiger partial charge in [-0.05, 0) is 31.0 Å². The fourth-order valence-corrected chi connectivity index (χ4v) is 3.25. The van der Waals surface area contributed by atoms with E-state index in [-0.39, 0.29) is 10.7 Å². The summed E-state index contributed by atoms with van der Waals surface area (Å²) < 4.78 is 13.0. The molecule has 2 unspecified atom stereocenters. The molecule has 0 spiro atoms. The van der Waals surface area contributed by atoms with Crippen LogP contribution in [0.4, 0.5) is 4.39 Å². The van der Waals surface area contributed by atoms with Crippen LogP contribution in [0.1, 0.15) is 12.5 Å². The van der Waals surface area contributed by atoms with E-state index in [1.165, 1.54) is 12.1 Å². The number of carboxylic acids is 1. The van der Waals surface area contributed by atoms with Gasteiger partial charge in [-0.25, -0.2) is 4.39 Å². The second-order valence-electron chi connectivity index (χ2n) is 4.38. The highest BCUT2D eigenvalue weighted by Gasteiger charge is 2.38. The molecule has 0 amide bonds. The summed E-state index contributed by atoms with van der Waals surface area (Å²) in [5, 5.41) is 12.0. The first-order chi connectivity index (χ1) is 7.98. The smallest absolute Gasteiger partial charge is 0.321 e. The van der Waals surface area contributed by atoms with Crippen LogP contribution in [0.2, 0.25) is 0 Å². The van der Waals surface area contributed by atoms with Gasteiger partial charge in [-0.2, -0.15) is 0 Å². The second kappa shape index (κ2) is 4.66. The maximum Gasteiger partial charge on any atom is 0.321 e. The minimum Gasteiger partial charge on any atom is -0.480 e. The minimum atomic E-state index is -0.833. The topological polar surface area (TPSA) is 49.3 Å². The molecule has 0 aliphatic carbocycles. The Balaban J connectivity index is 2.06. The highest BCUT2D eigenvalue weighted by Crippen LogP contribution is 2.33. The molecule has 0 bridgehead atoms. The Morgan fingerprint density at radius 2 is 2.47 bits per heavy atom. The summed E-state index contributed by atoms with van der Waals surface area (Å²) in [5.41, 5.74) is 0.874. The first-order valence-electron chi connectivity index (χ1n) is 5.37. The summed E-state index contributed by atoms with van der Waals surface area (Å²) >= 11 is 1.57. The van der Waals surface area contributed by atoms with Crippen molar-refractivity contribution in [2.75, 3.05) is 5.75 Å². The van der Waals surface area contributed by atoms with Crippen LogP contribution in [0, 0.1) is 5.82 Å². The largest absolute Gasteiger partial charge is 0.480 e. The molecule has 0 radical (unpaired) electrons. The lowest BCUT2D eigenvalue weighted by Crippen LogP contribution is -2.44. The Morgan fingerprint density at radius 1 is 1.71 bits per heavy atom. The number of carboxylic acid groups (broad SMARTS) is 1. The average Bonchev–Trinajstić information content (AvgIpc) is 2.60. The van der Waals surface area contributed by atoms with Gasteiger partial charge in [0.1, 0.15) is 11.9 Å². The van der Waals surface area contributed by atoms with E-state index in [9.17, 15) is 9.18 Å². The number of aliphatic carboxylic acids is 1. The van der Waals surface area contributed by atoms with E-state index in [0.29, 0.717) is 12.2 Å². The zero-order valence-electron chi connectivity index (χ0n) is 9.44. The highest BCUT2D eigenvalue weighted by atomic mass is 32.2. The fourth-order valence-electron chi connectivity index (χ4n) is 1.99. The van der Waals surface area contributed by atoms with Crippen molar-refractivity contribution >= 4 is 17.7 Å². The molecule has 1 aromatic rings. The summed E-state index contributed by atoms with van der Waals surface area (Å²) in [5.74, 6) is -0.550. The van der Waals surface area contributed by atoms with Crippen LogP contribution in [0.5, 0.6) is 0 Å². The van der Waals surface area contributed by atoms with Crippen LogP contribution >= 0.6 is 11.8 Å². The van der Waals surface area contributed by atoms with Crippen molar-refractivity contribution in [1.29, 1.82) is 0 Å². The van der Waals surface area contributed by atoms with Crippen molar-refractivity contribution in [3.63, 3.8) is 0 Å². The Hall–Kier alpha value is -1.07. The predicted molar refractivity (Wildman–Crippen MR) is 65.5 cm³/mol. The molecule has 5 heteroatoms. The third kappa shape index (κ3) is 2.98. The average molecular weight is 255 g/mol. The standard InChI is InChI=1S/C12H14FNO2S/c1-12(14-10(7-17-12)11(15)16)6-8-3-2-4-9(13)5-8/h2-5,10,14H,6-7H2,1H3,(H,15,16). The lowest BCUT2D eigenvalue weighted by atomic mass is 10.1. The number of halogens is 1. The molecule has 0 aromatic heterocycles. The molecule has 92 valence electrons. The minimum absolute atomic E-state index is 0.260. The van der Waals surface area contributed by atoms with E-state index >= 15 is 0 Å². The Kier molecular flexibility index (Phi) is 3.40. The monoisotopic (exact) mass is 255 g/mol. The van der Waals surface area contributed by atoms with Gasteiger partial charge in [-0.3, -0.25) is 10.1 Å². The van der Waals surface area contributed by atoms with Crippen LogP contribution in [0.25, 0.3) is 0 Å².